The van der Waals surface area contributed by atoms with E-state index in [4.69, 9.17) is 11.6 Å². The van der Waals surface area contributed by atoms with Crippen molar-refractivity contribution in [3.05, 3.63) is 40.4 Å². The lowest BCUT2D eigenvalue weighted by Crippen LogP contribution is -2.44. The summed E-state index contributed by atoms with van der Waals surface area (Å²) in [6.45, 7) is 1.58. The third-order valence-electron chi connectivity index (χ3n) is 3.66. The SMILES string of the molecule is O=C1CCC[C@H](CNCc2cnc(-c3ccc(Cl)cc3)s2)N1. The highest BCUT2D eigenvalue weighted by atomic mass is 35.5. The van der Waals surface area contributed by atoms with E-state index in [0.717, 1.165) is 41.5 Å². The second-order valence-corrected chi connectivity index (χ2v) is 6.98. The van der Waals surface area contributed by atoms with Gasteiger partial charge < -0.3 is 10.6 Å². The largest absolute Gasteiger partial charge is 0.352 e. The Kier molecular flexibility index (Phi) is 5.08. The molecule has 2 aromatic rings. The molecular formula is C16H18ClN3OS. The molecule has 1 aromatic carbocycles. The summed E-state index contributed by atoms with van der Waals surface area (Å²) in [5.74, 6) is 0.167. The molecule has 0 saturated carbocycles. The minimum Gasteiger partial charge on any atom is -0.352 e. The van der Waals surface area contributed by atoms with Crippen molar-refractivity contribution in [2.45, 2.75) is 31.8 Å². The predicted octanol–water partition coefficient (Wildman–Crippen LogP) is 3.22. The Morgan fingerprint density at radius 3 is 2.95 bits per heavy atom. The summed E-state index contributed by atoms with van der Waals surface area (Å²) in [4.78, 5) is 17.0. The Morgan fingerprint density at radius 1 is 1.36 bits per heavy atom. The van der Waals surface area contributed by atoms with E-state index in [9.17, 15) is 4.79 Å². The molecule has 4 nitrogen and oxygen atoms in total. The summed E-state index contributed by atoms with van der Waals surface area (Å²) in [5, 5.41) is 8.15. The van der Waals surface area contributed by atoms with E-state index in [2.05, 4.69) is 15.6 Å². The van der Waals surface area contributed by atoms with Gasteiger partial charge in [0.05, 0.1) is 0 Å². The van der Waals surface area contributed by atoms with E-state index >= 15 is 0 Å². The molecule has 116 valence electrons. The predicted molar refractivity (Wildman–Crippen MR) is 90.0 cm³/mol. The van der Waals surface area contributed by atoms with Crippen molar-refractivity contribution >= 4 is 28.8 Å². The lowest BCUT2D eigenvalue weighted by molar-refractivity contribution is -0.123. The lowest BCUT2D eigenvalue weighted by atomic mass is 10.0. The van der Waals surface area contributed by atoms with E-state index in [1.54, 1.807) is 11.3 Å². The van der Waals surface area contributed by atoms with Gasteiger partial charge in [-0.3, -0.25) is 4.79 Å². The third-order valence-corrected chi connectivity index (χ3v) is 4.95. The third kappa shape index (κ3) is 4.06. The molecule has 0 radical (unpaired) electrons. The first-order chi connectivity index (χ1) is 10.7. The van der Waals surface area contributed by atoms with Gasteiger partial charge in [-0.2, -0.15) is 0 Å². The molecule has 1 atom stereocenters. The Balaban J connectivity index is 1.51. The molecule has 2 heterocycles. The van der Waals surface area contributed by atoms with Crippen LogP contribution in [0.2, 0.25) is 5.02 Å². The smallest absolute Gasteiger partial charge is 0.220 e. The molecule has 1 fully saturated rings. The molecule has 1 saturated heterocycles. The Hall–Kier alpha value is -1.43. The van der Waals surface area contributed by atoms with Crippen LogP contribution in [-0.4, -0.2) is 23.5 Å². The molecule has 1 aliphatic rings. The summed E-state index contributed by atoms with van der Waals surface area (Å²) in [7, 11) is 0. The van der Waals surface area contributed by atoms with Crippen molar-refractivity contribution in [3.8, 4) is 10.6 Å². The number of benzene rings is 1. The van der Waals surface area contributed by atoms with Crippen LogP contribution in [-0.2, 0) is 11.3 Å². The van der Waals surface area contributed by atoms with E-state index in [-0.39, 0.29) is 11.9 Å². The van der Waals surface area contributed by atoms with Crippen LogP contribution in [0.3, 0.4) is 0 Å². The van der Waals surface area contributed by atoms with Crippen LogP contribution < -0.4 is 10.6 Å². The minimum absolute atomic E-state index is 0.167. The average Bonchev–Trinajstić information content (AvgIpc) is 2.97. The number of hydrogen-bond donors (Lipinski definition) is 2. The number of carbonyl (C=O) groups excluding carboxylic acids is 1. The quantitative estimate of drug-likeness (QED) is 0.882. The summed E-state index contributed by atoms with van der Waals surface area (Å²) in [6.07, 6.45) is 4.60. The molecule has 0 spiro atoms. The topological polar surface area (TPSA) is 54.0 Å². The first kappa shape index (κ1) is 15.5. The van der Waals surface area contributed by atoms with Gasteiger partial charge in [-0.25, -0.2) is 4.98 Å². The molecule has 3 rings (SSSR count). The van der Waals surface area contributed by atoms with Crippen molar-refractivity contribution in [1.82, 2.24) is 15.6 Å². The van der Waals surface area contributed by atoms with Gasteiger partial charge in [-0.05, 0) is 25.0 Å². The fourth-order valence-electron chi connectivity index (χ4n) is 2.52. The van der Waals surface area contributed by atoms with Gasteiger partial charge in [0.25, 0.3) is 0 Å². The number of nitrogens with zero attached hydrogens (tertiary/aromatic N) is 1. The summed E-state index contributed by atoms with van der Waals surface area (Å²) >= 11 is 7.57. The molecule has 6 heteroatoms. The molecule has 22 heavy (non-hydrogen) atoms. The Labute approximate surface area is 138 Å². The van der Waals surface area contributed by atoms with Crippen LogP contribution in [0.4, 0.5) is 0 Å². The zero-order chi connectivity index (χ0) is 15.4. The standard InChI is InChI=1S/C16H18ClN3OS/c17-12-6-4-11(5-7-12)16-19-10-14(22-16)9-18-8-13-2-1-3-15(21)20-13/h4-7,10,13,18H,1-3,8-9H2,(H,20,21)/t13-/m1/s1. The molecule has 1 amide bonds. The fraction of sp³-hybridized carbons (Fsp3) is 0.375. The molecule has 0 bridgehead atoms. The van der Waals surface area contributed by atoms with Gasteiger partial charge in [0.2, 0.25) is 5.91 Å². The fourth-order valence-corrected chi connectivity index (χ4v) is 3.53. The molecule has 2 N–H and O–H groups in total. The van der Waals surface area contributed by atoms with Gasteiger partial charge in [-0.1, -0.05) is 23.7 Å². The molecular weight excluding hydrogens is 318 g/mol. The Bertz CT molecular complexity index is 641. The van der Waals surface area contributed by atoms with Gasteiger partial charge in [0.1, 0.15) is 5.01 Å². The molecule has 0 unspecified atom stereocenters. The van der Waals surface area contributed by atoms with Gasteiger partial charge in [-0.15, -0.1) is 11.3 Å². The first-order valence-corrected chi connectivity index (χ1v) is 8.61. The first-order valence-electron chi connectivity index (χ1n) is 7.41. The summed E-state index contributed by atoms with van der Waals surface area (Å²) in [6, 6.07) is 7.97. The molecule has 0 aliphatic carbocycles. The van der Waals surface area contributed by atoms with Gasteiger partial charge in [0, 0.05) is 47.2 Å². The van der Waals surface area contributed by atoms with Crippen molar-refractivity contribution < 1.29 is 4.79 Å². The minimum atomic E-state index is 0.167. The number of piperidine rings is 1. The zero-order valence-corrected chi connectivity index (χ0v) is 13.7. The van der Waals surface area contributed by atoms with Crippen LogP contribution >= 0.6 is 22.9 Å². The summed E-state index contributed by atoms with van der Waals surface area (Å²) < 4.78 is 0. The van der Waals surface area contributed by atoms with Crippen molar-refractivity contribution in [3.63, 3.8) is 0 Å². The maximum absolute atomic E-state index is 11.3. The van der Waals surface area contributed by atoms with Gasteiger partial charge in [0.15, 0.2) is 0 Å². The van der Waals surface area contributed by atoms with Crippen molar-refractivity contribution in [2.75, 3.05) is 6.54 Å². The second kappa shape index (κ2) is 7.22. The normalized spacial score (nSPS) is 18.2. The number of hydrogen-bond acceptors (Lipinski definition) is 4. The highest BCUT2D eigenvalue weighted by Crippen LogP contribution is 2.26. The van der Waals surface area contributed by atoms with Crippen LogP contribution in [0.25, 0.3) is 10.6 Å². The summed E-state index contributed by atoms with van der Waals surface area (Å²) in [5.41, 5.74) is 1.08. The monoisotopic (exact) mass is 335 g/mol. The van der Waals surface area contributed by atoms with Gasteiger partial charge >= 0.3 is 0 Å². The van der Waals surface area contributed by atoms with Crippen molar-refractivity contribution in [2.24, 2.45) is 0 Å². The van der Waals surface area contributed by atoms with E-state index in [1.807, 2.05) is 30.5 Å². The van der Waals surface area contributed by atoms with Crippen LogP contribution in [0, 0.1) is 0 Å². The van der Waals surface area contributed by atoms with E-state index in [0.29, 0.717) is 6.42 Å². The van der Waals surface area contributed by atoms with Crippen LogP contribution in [0.15, 0.2) is 30.5 Å². The number of thiazole rings is 1. The highest BCUT2D eigenvalue weighted by molar-refractivity contribution is 7.15. The van der Waals surface area contributed by atoms with Crippen LogP contribution in [0.1, 0.15) is 24.1 Å². The number of halogens is 1. The zero-order valence-electron chi connectivity index (χ0n) is 12.1. The number of aromatic nitrogens is 1. The number of rotatable bonds is 5. The highest BCUT2D eigenvalue weighted by Gasteiger charge is 2.17. The second-order valence-electron chi connectivity index (χ2n) is 5.43. The van der Waals surface area contributed by atoms with Crippen molar-refractivity contribution in [1.29, 1.82) is 0 Å². The Morgan fingerprint density at radius 2 is 2.18 bits per heavy atom. The molecule has 1 aliphatic heterocycles. The number of amides is 1. The maximum atomic E-state index is 11.3. The van der Waals surface area contributed by atoms with E-state index in [1.165, 1.54) is 4.88 Å². The van der Waals surface area contributed by atoms with Crippen LogP contribution in [0.5, 0.6) is 0 Å². The average molecular weight is 336 g/mol. The lowest BCUT2D eigenvalue weighted by Gasteiger charge is -2.23. The van der Waals surface area contributed by atoms with E-state index < -0.39 is 0 Å². The molecule has 1 aromatic heterocycles. The number of nitrogens with one attached hydrogen (secondary N) is 2. The number of carbonyl (C=O) groups is 1. The maximum Gasteiger partial charge on any atom is 0.220 e.